The van der Waals surface area contributed by atoms with Gasteiger partial charge in [0.1, 0.15) is 5.75 Å². The lowest BCUT2D eigenvalue weighted by Crippen LogP contribution is -2.48. The maximum atomic E-state index is 13.1. The van der Waals surface area contributed by atoms with E-state index in [1.54, 1.807) is 13.3 Å². The van der Waals surface area contributed by atoms with Gasteiger partial charge in [-0.1, -0.05) is 31.4 Å². The van der Waals surface area contributed by atoms with E-state index in [4.69, 9.17) is 4.74 Å². The Morgan fingerprint density at radius 2 is 1.96 bits per heavy atom. The maximum absolute atomic E-state index is 13.1. The molecule has 0 unspecified atom stereocenters. The van der Waals surface area contributed by atoms with Crippen LogP contribution in [0.5, 0.6) is 5.75 Å². The molecule has 6 nitrogen and oxygen atoms in total. The molecule has 6 heteroatoms. The molecule has 2 heterocycles. The van der Waals surface area contributed by atoms with E-state index in [1.807, 2.05) is 17.0 Å². The van der Waals surface area contributed by atoms with Crippen molar-refractivity contribution < 1.29 is 9.53 Å². The average Bonchev–Trinajstić information content (AvgIpc) is 3.24. The number of aromatic amines is 1. The fourth-order valence-electron chi connectivity index (χ4n) is 4.48. The largest absolute Gasteiger partial charge is 0.497 e. The van der Waals surface area contributed by atoms with Gasteiger partial charge in [0, 0.05) is 38.6 Å². The van der Waals surface area contributed by atoms with Crippen molar-refractivity contribution in [3.63, 3.8) is 0 Å². The molecule has 0 radical (unpaired) electrons. The summed E-state index contributed by atoms with van der Waals surface area (Å²) in [4.78, 5) is 17.5. The third kappa shape index (κ3) is 4.22. The Labute approximate surface area is 166 Å². The first-order chi connectivity index (χ1) is 13.7. The molecule has 1 saturated heterocycles. The number of ether oxygens (including phenoxy) is 1. The highest BCUT2D eigenvalue weighted by Gasteiger charge is 2.28. The summed E-state index contributed by atoms with van der Waals surface area (Å²) in [5.74, 6) is 1.49. The number of carbonyl (C=O) groups is 1. The summed E-state index contributed by atoms with van der Waals surface area (Å²) < 4.78 is 5.31. The molecule has 1 aliphatic carbocycles. The number of carbonyl (C=O) groups excluding carboxylic acids is 1. The molecule has 1 N–H and O–H groups in total. The van der Waals surface area contributed by atoms with Crippen LogP contribution < -0.4 is 4.74 Å². The van der Waals surface area contributed by atoms with Crippen LogP contribution in [-0.4, -0.2) is 59.2 Å². The maximum Gasteiger partial charge on any atom is 0.257 e. The minimum Gasteiger partial charge on any atom is -0.497 e. The predicted octanol–water partition coefficient (Wildman–Crippen LogP) is 3.42. The fourth-order valence-corrected chi connectivity index (χ4v) is 4.48. The molecule has 0 atom stereocenters. The lowest BCUT2D eigenvalue weighted by atomic mass is 9.85. The number of hydrogen-bond acceptors (Lipinski definition) is 4. The molecule has 2 fully saturated rings. The van der Waals surface area contributed by atoms with E-state index in [-0.39, 0.29) is 5.91 Å². The van der Waals surface area contributed by atoms with Crippen LogP contribution in [0.1, 0.15) is 59.6 Å². The third-order valence-corrected chi connectivity index (χ3v) is 6.11. The number of nitrogens with one attached hydrogen (secondary N) is 1. The first kappa shape index (κ1) is 19.0. The van der Waals surface area contributed by atoms with Gasteiger partial charge in [-0.25, -0.2) is 0 Å². The highest BCUT2D eigenvalue weighted by Crippen LogP contribution is 2.33. The lowest BCUT2D eigenvalue weighted by molar-refractivity contribution is 0.0626. The van der Waals surface area contributed by atoms with Crippen LogP contribution in [0.3, 0.4) is 0 Å². The molecule has 28 heavy (non-hydrogen) atoms. The summed E-state index contributed by atoms with van der Waals surface area (Å²) in [5, 5.41) is 7.33. The fraction of sp³-hybridized carbons (Fsp3) is 0.545. The van der Waals surface area contributed by atoms with Gasteiger partial charge in [-0.15, -0.1) is 0 Å². The van der Waals surface area contributed by atoms with E-state index in [2.05, 4.69) is 27.2 Å². The molecule has 2 aliphatic rings. The average molecular weight is 383 g/mol. The highest BCUT2D eigenvalue weighted by molar-refractivity contribution is 5.95. The topological polar surface area (TPSA) is 61.5 Å². The number of amides is 1. The molecule has 1 aliphatic heterocycles. The van der Waals surface area contributed by atoms with Gasteiger partial charge in [0.2, 0.25) is 0 Å². The number of H-pyrrole nitrogens is 1. The van der Waals surface area contributed by atoms with Crippen LogP contribution in [0, 0.1) is 0 Å². The molecule has 2 aromatic rings. The number of benzene rings is 1. The van der Waals surface area contributed by atoms with Crippen molar-refractivity contribution in [2.75, 3.05) is 33.3 Å². The number of rotatable bonds is 5. The summed E-state index contributed by atoms with van der Waals surface area (Å²) in [7, 11) is 1.70. The molecule has 4 rings (SSSR count). The minimum atomic E-state index is 0.135. The van der Waals surface area contributed by atoms with Crippen LogP contribution in [0.15, 0.2) is 30.5 Å². The van der Waals surface area contributed by atoms with E-state index in [1.165, 1.54) is 24.8 Å². The molecule has 1 amide bonds. The number of hydrogen-bond donors (Lipinski definition) is 1. The van der Waals surface area contributed by atoms with E-state index in [0.29, 0.717) is 5.92 Å². The van der Waals surface area contributed by atoms with Crippen LogP contribution in [0.2, 0.25) is 0 Å². The van der Waals surface area contributed by atoms with Crippen molar-refractivity contribution in [1.82, 2.24) is 20.0 Å². The first-order valence-electron chi connectivity index (χ1n) is 10.4. The molecule has 150 valence electrons. The number of nitrogens with zero attached hydrogens (tertiary/aromatic N) is 3. The first-order valence-corrected chi connectivity index (χ1v) is 10.4. The summed E-state index contributed by atoms with van der Waals surface area (Å²) >= 11 is 0. The van der Waals surface area contributed by atoms with Gasteiger partial charge >= 0.3 is 0 Å². The lowest BCUT2D eigenvalue weighted by Gasteiger charge is -2.35. The second-order valence-electron chi connectivity index (χ2n) is 7.95. The Balaban J connectivity index is 1.35. The minimum absolute atomic E-state index is 0.135. The van der Waals surface area contributed by atoms with Gasteiger partial charge in [0.25, 0.3) is 5.91 Å². The number of piperazine rings is 1. The van der Waals surface area contributed by atoms with Gasteiger partial charge in [-0.2, -0.15) is 5.10 Å². The van der Waals surface area contributed by atoms with Crippen molar-refractivity contribution >= 4 is 5.91 Å². The van der Waals surface area contributed by atoms with Crippen LogP contribution in [0.4, 0.5) is 0 Å². The molecule has 1 saturated carbocycles. The van der Waals surface area contributed by atoms with Crippen LogP contribution in [-0.2, 0) is 6.54 Å². The second kappa shape index (κ2) is 8.78. The predicted molar refractivity (Wildman–Crippen MR) is 109 cm³/mol. The SMILES string of the molecule is COc1cccc(CN2CCN(C(=O)c3cn[nH]c3C3CCCCC3)CC2)c1. The second-order valence-corrected chi connectivity index (χ2v) is 7.95. The van der Waals surface area contributed by atoms with E-state index >= 15 is 0 Å². The van der Waals surface area contributed by atoms with Gasteiger partial charge in [0.15, 0.2) is 0 Å². The summed E-state index contributed by atoms with van der Waals surface area (Å²) in [6.07, 6.45) is 7.87. The molecular weight excluding hydrogens is 352 g/mol. The zero-order valence-electron chi connectivity index (χ0n) is 16.7. The van der Waals surface area contributed by atoms with Gasteiger partial charge < -0.3 is 9.64 Å². The zero-order valence-corrected chi connectivity index (χ0v) is 16.7. The molecular formula is C22H30N4O2. The Bertz CT molecular complexity index is 789. The third-order valence-electron chi connectivity index (χ3n) is 6.11. The Morgan fingerprint density at radius 3 is 2.71 bits per heavy atom. The molecule has 1 aromatic heterocycles. The zero-order chi connectivity index (χ0) is 19.3. The molecule has 0 spiro atoms. The normalized spacial score (nSPS) is 19.0. The van der Waals surface area contributed by atoms with Gasteiger partial charge in [-0.05, 0) is 30.5 Å². The number of aromatic nitrogens is 2. The monoisotopic (exact) mass is 382 g/mol. The van der Waals surface area contributed by atoms with Crippen molar-refractivity contribution in [3.8, 4) is 5.75 Å². The summed E-state index contributed by atoms with van der Waals surface area (Å²) in [5.41, 5.74) is 3.09. The number of methoxy groups -OCH3 is 1. The standard InChI is InChI=1S/C22H30N4O2/c1-28-19-9-5-6-17(14-19)16-25-10-12-26(13-11-25)22(27)20-15-23-24-21(20)18-7-3-2-4-8-18/h5-6,9,14-15,18H,2-4,7-8,10-13,16H2,1H3,(H,23,24). The summed E-state index contributed by atoms with van der Waals surface area (Å²) in [6, 6.07) is 8.20. The Hall–Kier alpha value is -2.34. The molecule has 0 bridgehead atoms. The van der Waals surface area contributed by atoms with Crippen molar-refractivity contribution in [2.45, 2.75) is 44.6 Å². The molecule has 1 aromatic carbocycles. The van der Waals surface area contributed by atoms with Crippen molar-refractivity contribution in [3.05, 3.63) is 47.3 Å². The van der Waals surface area contributed by atoms with Gasteiger partial charge in [0.05, 0.1) is 24.6 Å². The smallest absolute Gasteiger partial charge is 0.257 e. The van der Waals surface area contributed by atoms with E-state index in [0.717, 1.165) is 62.6 Å². The summed E-state index contributed by atoms with van der Waals surface area (Å²) in [6.45, 7) is 4.19. The van der Waals surface area contributed by atoms with Crippen LogP contribution >= 0.6 is 0 Å². The van der Waals surface area contributed by atoms with Crippen molar-refractivity contribution in [1.29, 1.82) is 0 Å². The highest BCUT2D eigenvalue weighted by atomic mass is 16.5. The van der Waals surface area contributed by atoms with Gasteiger partial charge in [-0.3, -0.25) is 14.8 Å². The Kier molecular flexibility index (Phi) is 5.95. The van der Waals surface area contributed by atoms with E-state index in [9.17, 15) is 4.79 Å². The van der Waals surface area contributed by atoms with Crippen LogP contribution in [0.25, 0.3) is 0 Å². The van der Waals surface area contributed by atoms with E-state index < -0.39 is 0 Å². The Morgan fingerprint density at radius 1 is 1.18 bits per heavy atom. The van der Waals surface area contributed by atoms with Crippen molar-refractivity contribution in [2.24, 2.45) is 0 Å². The quantitative estimate of drug-likeness (QED) is 0.861.